The Hall–Kier alpha value is -1.13. The summed E-state index contributed by atoms with van der Waals surface area (Å²) < 4.78 is 41.8. The van der Waals surface area contributed by atoms with Gasteiger partial charge in [0.05, 0.1) is 19.5 Å². The zero-order valence-corrected chi connectivity index (χ0v) is 21.2. The summed E-state index contributed by atoms with van der Waals surface area (Å²) in [6.07, 6.45) is 1.35. The van der Waals surface area contributed by atoms with E-state index in [1.54, 1.807) is 6.07 Å². The number of sulfonamides is 1. The second-order valence-electron chi connectivity index (χ2n) is 10.3. The van der Waals surface area contributed by atoms with E-state index in [1.807, 2.05) is 13.8 Å². The number of aliphatic hydroxyl groups excluding tert-OH is 2. The molecular weight excluding hydrogens is 486 g/mol. The molecule has 0 radical (unpaired) electrons. The van der Waals surface area contributed by atoms with Gasteiger partial charge in [-0.3, -0.25) is 0 Å². The lowest BCUT2D eigenvalue weighted by Crippen LogP contribution is -2.53. The van der Waals surface area contributed by atoms with Gasteiger partial charge in [-0.25, -0.2) is 13.1 Å². The number of benzene rings is 1. The summed E-state index contributed by atoms with van der Waals surface area (Å²) >= 11 is 3.42. The van der Waals surface area contributed by atoms with E-state index >= 15 is 0 Å². The molecule has 174 valence electrons. The van der Waals surface area contributed by atoms with Gasteiger partial charge >= 0.3 is 0 Å². The van der Waals surface area contributed by atoms with Crippen LogP contribution in [0.25, 0.3) is 0 Å². The summed E-state index contributed by atoms with van der Waals surface area (Å²) in [4.78, 5) is -0.0211. The van der Waals surface area contributed by atoms with Crippen LogP contribution >= 0.6 is 15.9 Å². The minimum atomic E-state index is -3.97. The maximum Gasteiger partial charge on any atom is 0.244 e. The van der Waals surface area contributed by atoms with Crippen molar-refractivity contribution in [2.75, 3.05) is 13.7 Å². The highest BCUT2D eigenvalue weighted by Gasteiger charge is 2.56. The Kier molecular flexibility index (Phi) is 6.34. The van der Waals surface area contributed by atoms with Crippen molar-refractivity contribution in [2.24, 2.45) is 5.41 Å². The highest BCUT2D eigenvalue weighted by atomic mass is 79.9. The van der Waals surface area contributed by atoms with Crippen LogP contribution in [-0.2, 0) is 14.8 Å². The second-order valence-corrected chi connectivity index (χ2v) is 12.9. The fraction of sp³-hybridized carbons (Fsp3) is 0.636. The van der Waals surface area contributed by atoms with Crippen molar-refractivity contribution in [1.29, 1.82) is 0 Å². The number of aliphatic hydroxyl groups is 2. The van der Waals surface area contributed by atoms with Crippen LogP contribution in [0, 0.1) is 5.41 Å². The van der Waals surface area contributed by atoms with Crippen LogP contribution in [0.5, 0.6) is 5.75 Å². The number of hydrogen-bond donors (Lipinski definition) is 3. The van der Waals surface area contributed by atoms with E-state index in [0.29, 0.717) is 28.6 Å². The molecule has 3 rings (SSSR count). The minimum Gasteiger partial charge on any atom is -0.501 e. The van der Waals surface area contributed by atoms with Gasteiger partial charge in [-0.05, 0) is 43.9 Å². The Morgan fingerprint density at radius 2 is 1.94 bits per heavy atom. The molecule has 0 bridgehead atoms. The van der Waals surface area contributed by atoms with Gasteiger partial charge in [0, 0.05) is 27.9 Å². The number of nitrogens with one attached hydrogen (secondary N) is 1. The number of allylic oxidation sites excluding steroid dienone is 1. The zero-order chi connectivity index (χ0) is 23.4. The van der Waals surface area contributed by atoms with Crippen molar-refractivity contribution in [2.45, 2.75) is 75.5 Å². The van der Waals surface area contributed by atoms with Gasteiger partial charge in [0.25, 0.3) is 0 Å². The molecule has 2 aliphatic rings. The summed E-state index contributed by atoms with van der Waals surface area (Å²) in [5.41, 5.74) is -1.53. The van der Waals surface area contributed by atoms with Gasteiger partial charge in [-0.15, -0.1) is 0 Å². The van der Waals surface area contributed by atoms with Crippen LogP contribution in [0.3, 0.4) is 0 Å². The molecule has 1 heterocycles. The van der Waals surface area contributed by atoms with Gasteiger partial charge in [-0.1, -0.05) is 36.7 Å². The van der Waals surface area contributed by atoms with Gasteiger partial charge < -0.3 is 19.7 Å². The predicted molar refractivity (Wildman–Crippen MR) is 122 cm³/mol. The van der Waals surface area contributed by atoms with Crippen LogP contribution in [0.1, 0.15) is 58.9 Å². The maximum absolute atomic E-state index is 13.5. The number of methoxy groups -OCH3 is 1. The number of rotatable bonds is 6. The minimum absolute atomic E-state index is 0.0211. The molecule has 1 aliphatic heterocycles. The smallest absolute Gasteiger partial charge is 0.244 e. The van der Waals surface area contributed by atoms with Crippen LogP contribution in [-0.4, -0.2) is 49.6 Å². The summed E-state index contributed by atoms with van der Waals surface area (Å²) in [5, 5.41) is 21.0. The van der Waals surface area contributed by atoms with Crippen molar-refractivity contribution in [1.82, 2.24) is 4.72 Å². The molecule has 0 fully saturated rings. The number of halogens is 1. The summed E-state index contributed by atoms with van der Waals surface area (Å²) in [6, 6.07) is 3.27. The Labute approximate surface area is 193 Å². The van der Waals surface area contributed by atoms with Crippen molar-refractivity contribution in [3.63, 3.8) is 0 Å². The van der Waals surface area contributed by atoms with E-state index in [0.717, 1.165) is 0 Å². The standard InChI is InChI=1S/C22H32BrNO6S/c1-20(2,3)11-21(4,5)24-31(27,28)17-8-13(23)7-15-16-9-14(29-6)10-18(26)22(16,12-25)30-19(15)17/h7-8,10,16,18,24-26H,9,11-12H2,1-6H3/t16-,18?,22+/m1/s1. The van der Waals surface area contributed by atoms with Gasteiger partial charge in [0.15, 0.2) is 5.60 Å². The van der Waals surface area contributed by atoms with Crippen LogP contribution in [0.2, 0.25) is 0 Å². The van der Waals surface area contributed by atoms with Gasteiger partial charge in [0.2, 0.25) is 10.0 Å². The van der Waals surface area contributed by atoms with Crippen molar-refractivity contribution in [3.05, 3.63) is 34.0 Å². The third kappa shape index (κ3) is 4.66. The fourth-order valence-electron chi connectivity index (χ4n) is 4.98. The van der Waals surface area contributed by atoms with E-state index in [2.05, 4.69) is 41.4 Å². The van der Waals surface area contributed by atoms with E-state index in [9.17, 15) is 18.6 Å². The predicted octanol–water partition coefficient (Wildman–Crippen LogP) is 3.44. The molecule has 1 aromatic carbocycles. The van der Waals surface area contributed by atoms with E-state index in [1.165, 1.54) is 19.3 Å². The zero-order valence-electron chi connectivity index (χ0n) is 18.8. The van der Waals surface area contributed by atoms with Crippen molar-refractivity contribution in [3.8, 4) is 5.75 Å². The van der Waals surface area contributed by atoms with Crippen LogP contribution < -0.4 is 9.46 Å². The van der Waals surface area contributed by atoms with Crippen LogP contribution in [0.4, 0.5) is 0 Å². The first-order chi connectivity index (χ1) is 14.1. The molecule has 0 saturated carbocycles. The molecule has 3 N–H and O–H groups in total. The van der Waals surface area contributed by atoms with Crippen molar-refractivity contribution >= 4 is 26.0 Å². The van der Waals surface area contributed by atoms with Crippen LogP contribution in [0.15, 0.2) is 33.3 Å². The Morgan fingerprint density at radius 1 is 1.29 bits per heavy atom. The summed E-state index contributed by atoms with van der Waals surface area (Å²) in [7, 11) is -2.46. The molecule has 1 aromatic rings. The maximum atomic E-state index is 13.5. The first-order valence-electron chi connectivity index (χ1n) is 10.2. The highest BCUT2D eigenvalue weighted by Crippen LogP contribution is 2.54. The summed E-state index contributed by atoms with van der Waals surface area (Å²) in [5.74, 6) is 0.259. The molecule has 0 spiro atoms. The molecule has 1 unspecified atom stereocenters. The summed E-state index contributed by atoms with van der Waals surface area (Å²) in [6.45, 7) is 9.40. The molecule has 0 amide bonds. The average Bonchev–Trinajstić information content (AvgIpc) is 2.93. The lowest BCUT2D eigenvalue weighted by atomic mass is 9.74. The Morgan fingerprint density at radius 3 is 2.48 bits per heavy atom. The number of fused-ring (bicyclic) bond motifs is 3. The topological polar surface area (TPSA) is 105 Å². The largest absolute Gasteiger partial charge is 0.501 e. The van der Waals surface area contributed by atoms with E-state index in [-0.39, 0.29) is 16.1 Å². The molecule has 0 aromatic heterocycles. The lowest BCUT2D eigenvalue weighted by molar-refractivity contribution is -0.0783. The molecule has 0 saturated heterocycles. The normalized spacial score (nSPS) is 26.0. The average molecular weight is 518 g/mol. The first-order valence-corrected chi connectivity index (χ1v) is 12.5. The second kappa shape index (κ2) is 8.02. The number of hydrogen-bond acceptors (Lipinski definition) is 6. The molecule has 31 heavy (non-hydrogen) atoms. The molecule has 1 aliphatic carbocycles. The fourth-order valence-corrected chi connectivity index (χ4v) is 7.21. The number of ether oxygens (including phenoxy) is 2. The van der Waals surface area contributed by atoms with Gasteiger partial charge in [-0.2, -0.15) is 0 Å². The molecule has 3 atom stereocenters. The lowest BCUT2D eigenvalue weighted by Gasteiger charge is -2.39. The first kappa shape index (κ1) is 24.5. The highest BCUT2D eigenvalue weighted by molar-refractivity contribution is 9.10. The molecular formula is C22H32BrNO6S. The van der Waals surface area contributed by atoms with Crippen molar-refractivity contribution < 1.29 is 28.1 Å². The van der Waals surface area contributed by atoms with Gasteiger partial charge in [0.1, 0.15) is 16.7 Å². The monoisotopic (exact) mass is 517 g/mol. The Bertz CT molecular complexity index is 998. The Balaban J connectivity index is 2.08. The van der Waals surface area contributed by atoms with E-state index in [4.69, 9.17) is 9.47 Å². The quantitative estimate of drug-likeness (QED) is 0.533. The third-order valence-corrected chi connectivity index (χ3v) is 7.90. The molecule has 9 heteroatoms. The molecule has 7 nitrogen and oxygen atoms in total. The third-order valence-electron chi connectivity index (χ3n) is 5.74. The SMILES string of the molecule is COC1=CC(O)[C@@]2(CO)Oc3c(cc(Br)cc3S(=O)(=O)NC(C)(C)CC(C)(C)C)[C@H]2C1. The van der Waals surface area contributed by atoms with E-state index < -0.39 is 39.8 Å².